The minimum Gasteiger partial charge on any atom is -0.492 e. The first kappa shape index (κ1) is 20.0. The standard InChI is InChI=1S/C17H18ClN3O4S/c1-3-4-7-25-13-6-5-11(8-12(13)18)10-19-21-17-20-16(23)14(26-17)9-15(22)24-2/h5-6,8-10H,3-4,7H2,1-2H3,(H,20,21,23)/b14-9+,19-10?. The highest BCUT2D eigenvalue weighted by Crippen LogP contribution is 2.25. The Hall–Kier alpha value is -2.32. The lowest BCUT2D eigenvalue weighted by Gasteiger charge is -2.07. The summed E-state index contributed by atoms with van der Waals surface area (Å²) >= 11 is 7.18. The van der Waals surface area contributed by atoms with Crippen LogP contribution in [-0.4, -0.2) is 37.0 Å². The molecule has 1 amide bonds. The van der Waals surface area contributed by atoms with E-state index >= 15 is 0 Å². The van der Waals surface area contributed by atoms with Gasteiger partial charge in [-0.15, -0.1) is 5.10 Å². The number of carbonyl (C=O) groups is 2. The van der Waals surface area contributed by atoms with Crippen LogP contribution in [0.2, 0.25) is 5.02 Å². The summed E-state index contributed by atoms with van der Waals surface area (Å²) in [6, 6.07) is 5.30. The summed E-state index contributed by atoms with van der Waals surface area (Å²) in [6.45, 7) is 2.71. The molecule has 1 saturated heterocycles. The second-order valence-electron chi connectivity index (χ2n) is 5.13. The molecule has 1 heterocycles. The van der Waals surface area contributed by atoms with Gasteiger partial charge in [-0.3, -0.25) is 10.1 Å². The van der Waals surface area contributed by atoms with Gasteiger partial charge in [0.15, 0.2) is 5.17 Å². The van der Waals surface area contributed by atoms with E-state index in [-0.39, 0.29) is 10.1 Å². The fourth-order valence-corrected chi connectivity index (χ4v) is 2.81. The van der Waals surface area contributed by atoms with Crippen molar-refractivity contribution >= 4 is 46.6 Å². The highest BCUT2D eigenvalue weighted by atomic mass is 35.5. The van der Waals surface area contributed by atoms with Crippen LogP contribution in [0.5, 0.6) is 5.75 Å². The molecule has 0 radical (unpaired) electrons. The number of unbranched alkanes of at least 4 members (excludes halogenated alkanes) is 1. The summed E-state index contributed by atoms with van der Waals surface area (Å²) in [5, 5.41) is 11.1. The molecule has 1 aliphatic heterocycles. The normalized spacial score (nSPS) is 17.1. The molecule has 1 aromatic rings. The van der Waals surface area contributed by atoms with Gasteiger partial charge < -0.3 is 9.47 Å². The second-order valence-corrected chi connectivity index (χ2v) is 6.57. The molecular weight excluding hydrogens is 378 g/mol. The number of hydrogen-bond acceptors (Lipinski definition) is 7. The summed E-state index contributed by atoms with van der Waals surface area (Å²) in [5.74, 6) is -0.408. The van der Waals surface area contributed by atoms with Crippen molar-refractivity contribution in [1.82, 2.24) is 5.32 Å². The van der Waals surface area contributed by atoms with Gasteiger partial charge in [-0.05, 0) is 41.9 Å². The number of thioether (sulfide) groups is 1. The third kappa shape index (κ3) is 5.89. The number of hydrogen-bond donors (Lipinski definition) is 1. The number of esters is 1. The van der Waals surface area contributed by atoms with Gasteiger partial charge in [0.05, 0.1) is 29.9 Å². The molecule has 26 heavy (non-hydrogen) atoms. The van der Waals surface area contributed by atoms with E-state index in [2.05, 4.69) is 27.2 Å². The lowest BCUT2D eigenvalue weighted by molar-refractivity contribution is -0.135. The molecule has 0 aromatic heterocycles. The van der Waals surface area contributed by atoms with Crippen LogP contribution in [0.3, 0.4) is 0 Å². The zero-order valence-electron chi connectivity index (χ0n) is 14.3. The third-order valence-electron chi connectivity index (χ3n) is 3.17. The van der Waals surface area contributed by atoms with E-state index in [0.29, 0.717) is 17.4 Å². The van der Waals surface area contributed by atoms with Gasteiger partial charge in [-0.25, -0.2) is 4.79 Å². The molecule has 2 rings (SSSR count). The largest absolute Gasteiger partial charge is 0.492 e. The van der Waals surface area contributed by atoms with Crippen molar-refractivity contribution in [1.29, 1.82) is 0 Å². The SMILES string of the molecule is CCCCOc1ccc(C=N/N=C2/NC(=O)/C(=C\C(=O)OC)S2)cc1Cl. The lowest BCUT2D eigenvalue weighted by Crippen LogP contribution is -2.19. The quantitative estimate of drug-likeness (QED) is 0.252. The van der Waals surface area contributed by atoms with Gasteiger partial charge in [-0.2, -0.15) is 5.10 Å². The maximum Gasteiger partial charge on any atom is 0.331 e. The maximum absolute atomic E-state index is 11.7. The predicted octanol–water partition coefficient (Wildman–Crippen LogP) is 3.13. The Morgan fingerprint density at radius 1 is 1.42 bits per heavy atom. The molecule has 0 unspecified atom stereocenters. The fraction of sp³-hybridized carbons (Fsp3) is 0.294. The fourth-order valence-electron chi connectivity index (χ4n) is 1.83. The van der Waals surface area contributed by atoms with Gasteiger partial charge in [0, 0.05) is 6.08 Å². The number of ether oxygens (including phenoxy) is 2. The number of amidine groups is 1. The Balaban J connectivity index is 1.99. The lowest BCUT2D eigenvalue weighted by atomic mass is 10.2. The van der Waals surface area contributed by atoms with E-state index in [0.717, 1.165) is 36.2 Å². The molecule has 138 valence electrons. The van der Waals surface area contributed by atoms with Crippen LogP contribution in [0.15, 0.2) is 39.4 Å². The monoisotopic (exact) mass is 395 g/mol. The molecule has 0 atom stereocenters. The van der Waals surface area contributed by atoms with Crippen molar-refractivity contribution in [3.05, 3.63) is 39.8 Å². The van der Waals surface area contributed by atoms with Crippen molar-refractivity contribution < 1.29 is 19.1 Å². The molecule has 0 aliphatic carbocycles. The van der Waals surface area contributed by atoms with Gasteiger partial charge in [0.1, 0.15) is 5.75 Å². The van der Waals surface area contributed by atoms with Crippen molar-refractivity contribution in [3.63, 3.8) is 0 Å². The van der Waals surface area contributed by atoms with Crippen LogP contribution < -0.4 is 10.1 Å². The average molecular weight is 396 g/mol. The van der Waals surface area contributed by atoms with Crippen molar-refractivity contribution in [2.24, 2.45) is 10.2 Å². The molecule has 1 aliphatic rings. The summed E-state index contributed by atoms with van der Waals surface area (Å²) in [6.07, 6.45) is 4.62. The minimum absolute atomic E-state index is 0.197. The van der Waals surface area contributed by atoms with Crippen LogP contribution >= 0.6 is 23.4 Å². The van der Waals surface area contributed by atoms with Crippen molar-refractivity contribution in [2.75, 3.05) is 13.7 Å². The second kappa shape index (κ2) is 9.98. The summed E-state index contributed by atoms with van der Waals surface area (Å²) in [4.78, 5) is 23.1. The average Bonchev–Trinajstić information content (AvgIpc) is 2.96. The Kier molecular flexibility index (Phi) is 7.68. The minimum atomic E-state index is -0.608. The van der Waals surface area contributed by atoms with Crippen LogP contribution in [0.4, 0.5) is 0 Å². The number of rotatable bonds is 7. The first-order valence-corrected chi connectivity index (χ1v) is 9.05. The van der Waals surface area contributed by atoms with Crippen molar-refractivity contribution in [2.45, 2.75) is 19.8 Å². The van der Waals surface area contributed by atoms with Gasteiger partial charge in [-0.1, -0.05) is 24.9 Å². The smallest absolute Gasteiger partial charge is 0.331 e. The Bertz CT molecular complexity index is 777. The molecule has 0 bridgehead atoms. The Morgan fingerprint density at radius 2 is 2.23 bits per heavy atom. The van der Waals surface area contributed by atoms with Gasteiger partial charge >= 0.3 is 5.97 Å². The number of nitrogens with one attached hydrogen (secondary N) is 1. The highest BCUT2D eigenvalue weighted by molar-refractivity contribution is 8.18. The zero-order chi connectivity index (χ0) is 18.9. The van der Waals surface area contributed by atoms with Crippen LogP contribution in [0, 0.1) is 0 Å². The number of methoxy groups -OCH3 is 1. The van der Waals surface area contributed by atoms with E-state index in [4.69, 9.17) is 16.3 Å². The topological polar surface area (TPSA) is 89.4 Å². The number of amides is 1. The van der Waals surface area contributed by atoms with Crippen molar-refractivity contribution in [3.8, 4) is 5.75 Å². The Morgan fingerprint density at radius 3 is 2.92 bits per heavy atom. The van der Waals surface area contributed by atoms with Crippen LogP contribution in [0.1, 0.15) is 25.3 Å². The van der Waals surface area contributed by atoms with E-state index in [1.807, 2.05) is 0 Å². The highest BCUT2D eigenvalue weighted by Gasteiger charge is 2.24. The van der Waals surface area contributed by atoms with Gasteiger partial charge in [0.25, 0.3) is 5.91 Å². The summed E-state index contributed by atoms with van der Waals surface area (Å²) < 4.78 is 10.1. The first-order valence-electron chi connectivity index (χ1n) is 7.85. The number of carbonyl (C=O) groups excluding carboxylic acids is 2. The molecule has 7 nitrogen and oxygen atoms in total. The Labute approximate surface area is 160 Å². The number of benzene rings is 1. The summed E-state index contributed by atoms with van der Waals surface area (Å²) in [7, 11) is 1.24. The van der Waals surface area contributed by atoms with E-state index in [1.165, 1.54) is 13.3 Å². The summed E-state index contributed by atoms with van der Waals surface area (Å²) in [5.41, 5.74) is 0.738. The zero-order valence-corrected chi connectivity index (χ0v) is 15.9. The van der Waals surface area contributed by atoms with E-state index in [1.54, 1.807) is 18.2 Å². The molecule has 1 fully saturated rings. The number of nitrogens with zero attached hydrogens (tertiary/aromatic N) is 2. The van der Waals surface area contributed by atoms with Crippen LogP contribution in [0.25, 0.3) is 0 Å². The molecule has 9 heteroatoms. The third-order valence-corrected chi connectivity index (χ3v) is 4.36. The number of halogens is 1. The van der Waals surface area contributed by atoms with E-state index < -0.39 is 11.9 Å². The molecule has 1 aromatic carbocycles. The first-order chi connectivity index (χ1) is 12.5. The molecule has 0 spiro atoms. The molecular formula is C17H18ClN3O4S. The van der Waals surface area contributed by atoms with Gasteiger partial charge in [0.2, 0.25) is 0 Å². The molecule has 0 saturated carbocycles. The molecule has 1 N–H and O–H groups in total. The predicted molar refractivity (Wildman–Crippen MR) is 103 cm³/mol. The van der Waals surface area contributed by atoms with Crippen LogP contribution in [-0.2, 0) is 14.3 Å². The van der Waals surface area contributed by atoms with E-state index in [9.17, 15) is 9.59 Å². The maximum atomic E-state index is 11.7.